The number of nitrogens with one attached hydrogen (secondary N) is 1. The number of nitrogens with zero attached hydrogens (tertiary/aromatic N) is 3. The summed E-state index contributed by atoms with van der Waals surface area (Å²) in [5.41, 5.74) is 2.39. The lowest BCUT2D eigenvalue weighted by Gasteiger charge is -2.07. The van der Waals surface area contributed by atoms with E-state index >= 15 is 0 Å². The highest BCUT2D eigenvalue weighted by molar-refractivity contribution is 5.82. The van der Waals surface area contributed by atoms with Gasteiger partial charge < -0.3 is 14.2 Å². The van der Waals surface area contributed by atoms with Crippen LogP contribution in [0.3, 0.4) is 0 Å². The first-order valence-corrected chi connectivity index (χ1v) is 9.88. The number of aryl methyl sites for hydroxylation is 1. The summed E-state index contributed by atoms with van der Waals surface area (Å²) in [6.07, 6.45) is 0. The van der Waals surface area contributed by atoms with E-state index in [0.29, 0.717) is 28.0 Å². The van der Waals surface area contributed by atoms with Crippen molar-refractivity contribution in [1.82, 2.24) is 19.7 Å². The number of H-pyrrole nitrogens is 1. The Balaban J connectivity index is 1.55. The molecule has 0 saturated heterocycles. The lowest BCUT2D eigenvalue weighted by atomic mass is 10.1. The molecular weight excluding hydrogens is 408 g/mol. The quantitative estimate of drug-likeness (QED) is 0.470. The third kappa shape index (κ3) is 3.37. The van der Waals surface area contributed by atoms with E-state index in [1.807, 2.05) is 43.3 Å². The number of ether oxygens (including phenoxy) is 1. The molecule has 2 aromatic heterocycles. The van der Waals surface area contributed by atoms with E-state index in [4.69, 9.17) is 9.26 Å². The number of methoxy groups -OCH3 is 1. The first-order valence-electron chi connectivity index (χ1n) is 9.88. The zero-order valence-corrected chi connectivity index (χ0v) is 17.3. The van der Waals surface area contributed by atoms with Crippen LogP contribution in [0.1, 0.15) is 5.56 Å². The molecule has 0 unspecified atom stereocenters. The molecule has 0 amide bonds. The van der Waals surface area contributed by atoms with Crippen LogP contribution >= 0.6 is 0 Å². The zero-order valence-electron chi connectivity index (χ0n) is 17.3. The van der Waals surface area contributed by atoms with Crippen molar-refractivity contribution >= 4 is 10.9 Å². The number of hydrogen-bond acceptors (Lipinski definition) is 6. The Morgan fingerprint density at radius 3 is 2.38 bits per heavy atom. The SMILES string of the molecule is COc1ccc(-c2noc(-c3ccc4c(=O)n(-c5ccc(C)cc5)c(=O)[nH]c4c3)n2)cc1. The van der Waals surface area contributed by atoms with Gasteiger partial charge in [0.15, 0.2) is 0 Å². The number of hydrogen-bond donors (Lipinski definition) is 1. The van der Waals surface area contributed by atoms with E-state index in [1.54, 1.807) is 37.4 Å². The standard InChI is InChI=1S/C24H18N4O4/c1-14-3-8-17(9-4-14)28-23(29)19-12-7-16(13-20(19)25-24(28)30)22-26-21(27-32-22)15-5-10-18(31-2)11-6-15/h3-13H,1-2H3,(H,25,30). The molecule has 5 aromatic rings. The molecule has 0 bridgehead atoms. The molecule has 0 aliphatic rings. The molecule has 0 radical (unpaired) electrons. The van der Waals surface area contributed by atoms with E-state index in [0.717, 1.165) is 21.4 Å². The second-order valence-corrected chi connectivity index (χ2v) is 7.32. The molecule has 0 spiro atoms. The number of rotatable bonds is 4. The van der Waals surface area contributed by atoms with Gasteiger partial charge in [0, 0.05) is 11.1 Å². The van der Waals surface area contributed by atoms with Gasteiger partial charge in [0.05, 0.1) is 23.7 Å². The summed E-state index contributed by atoms with van der Waals surface area (Å²) >= 11 is 0. The summed E-state index contributed by atoms with van der Waals surface area (Å²) < 4.78 is 11.7. The zero-order chi connectivity index (χ0) is 22.2. The minimum absolute atomic E-state index is 0.279. The summed E-state index contributed by atoms with van der Waals surface area (Å²) in [5.74, 6) is 1.43. The number of aromatic amines is 1. The predicted octanol–water partition coefficient (Wildman–Crippen LogP) is 3.71. The van der Waals surface area contributed by atoms with Gasteiger partial charge in [-0.3, -0.25) is 4.79 Å². The van der Waals surface area contributed by atoms with Crippen LogP contribution in [0.5, 0.6) is 5.75 Å². The fourth-order valence-corrected chi connectivity index (χ4v) is 3.48. The smallest absolute Gasteiger partial charge is 0.333 e. The van der Waals surface area contributed by atoms with Crippen LogP contribution in [0.2, 0.25) is 0 Å². The summed E-state index contributed by atoms with van der Waals surface area (Å²) in [4.78, 5) is 32.9. The van der Waals surface area contributed by atoms with Gasteiger partial charge in [0.2, 0.25) is 5.82 Å². The Hall–Kier alpha value is -4.46. The number of fused-ring (bicyclic) bond motifs is 1. The number of benzene rings is 3. The van der Waals surface area contributed by atoms with Crippen LogP contribution in [-0.2, 0) is 0 Å². The van der Waals surface area contributed by atoms with Crippen molar-refractivity contribution in [3.8, 4) is 34.3 Å². The molecular formula is C24H18N4O4. The molecule has 158 valence electrons. The highest BCUT2D eigenvalue weighted by Gasteiger charge is 2.14. The lowest BCUT2D eigenvalue weighted by molar-refractivity contribution is 0.415. The molecule has 3 aromatic carbocycles. The summed E-state index contributed by atoms with van der Waals surface area (Å²) in [5, 5.41) is 4.41. The van der Waals surface area contributed by atoms with Crippen LogP contribution in [0.15, 0.2) is 80.8 Å². The highest BCUT2D eigenvalue weighted by Crippen LogP contribution is 2.25. The molecule has 8 nitrogen and oxygen atoms in total. The fraction of sp³-hybridized carbons (Fsp3) is 0.0833. The monoisotopic (exact) mass is 426 g/mol. The summed E-state index contributed by atoms with van der Waals surface area (Å²) in [6.45, 7) is 1.94. The van der Waals surface area contributed by atoms with Crippen molar-refractivity contribution in [3.63, 3.8) is 0 Å². The molecule has 5 rings (SSSR count). The van der Waals surface area contributed by atoms with Crippen LogP contribution in [0, 0.1) is 6.92 Å². The van der Waals surface area contributed by atoms with Gasteiger partial charge in [-0.2, -0.15) is 4.98 Å². The molecule has 0 saturated carbocycles. The van der Waals surface area contributed by atoms with Crippen LogP contribution in [0.4, 0.5) is 0 Å². The van der Waals surface area contributed by atoms with Crippen molar-refractivity contribution < 1.29 is 9.26 Å². The third-order valence-corrected chi connectivity index (χ3v) is 5.21. The van der Waals surface area contributed by atoms with Crippen molar-refractivity contribution in [2.75, 3.05) is 7.11 Å². The molecule has 0 aliphatic heterocycles. The van der Waals surface area contributed by atoms with Gasteiger partial charge in [-0.25, -0.2) is 9.36 Å². The molecule has 2 heterocycles. The molecule has 0 aliphatic carbocycles. The largest absolute Gasteiger partial charge is 0.497 e. The van der Waals surface area contributed by atoms with Crippen LogP contribution < -0.4 is 16.0 Å². The minimum Gasteiger partial charge on any atom is -0.497 e. The summed E-state index contributed by atoms with van der Waals surface area (Å²) in [6, 6.07) is 19.5. The van der Waals surface area contributed by atoms with E-state index in [-0.39, 0.29) is 5.89 Å². The van der Waals surface area contributed by atoms with E-state index in [1.165, 1.54) is 0 Å². The van der Waals surface area contributed by atoms with E-state index < -0.39 is 11.2 Å². The minimum atomic E-state index is -0.520. The Bertz CT molecular complexity index is 1540. The first kappa shape index (κ1) is 19.5. The molecule has 32 heavy (non-hydrogen) atoms. The Labute approximate surface area is 181 Å². The van der Waals surface area contributed by atoms with Crippen LogP contribution in [0.25, 0.3) is 39.4 Å². The van der Waals surface area contributed by atoms with Crippen molar-refractivity contribution in [3.05, 3.63) is 93.1 Å². The maximum atomic E-state index is 13.0. The maximum absolute atomic E-state index is 13.0. The van der Waals surface area contributed by atoms with Gasteiger partial charge >= 0.3 is 5.69 Å². The average molecular weight is 426 g/mol. The second kappa shape index (κ2) is 7.66. The molecule has 0 fully saturated rings. The molecule has 1 N–H and O–H groups in total. The van der Waals surface area contributed by atoms with E-state index in [9.17, 15) is 9.59 Å². The van der Waals surface area contributed by atoms with Gasteiger partial charge in [-0.1, -0.05) is 22.9 Å². The molecule has 8 heteroatoms. The Morgan fingerprint density at radius 2 is 1.66 bits per heavy atom. The van der Waals surface area contributed by atoms with Gasteiger partial charge in [0.25, 0.3) is 11.4 Å². The summed E-state index contributed by atoms with van der Waals surface area (Å²) in [7, 11) is 1.60. The first-order chi connectivity index (χ1) is 15.5. The van der Waals surface area contributed by atoms with Crippen molar-refractivity contribution in [1.29, 1.82) is 0 Å². The van der Waals surface area contributed by atoms with Crippen molar-refractivity contribution in [2.24, 2.45) is 0 Å². The lowest BCUT2D eigenvalue weighted by Crippen LogP contribution is -2.33. The van der Waals surface area contributed by atoms with Crippen molar-refractivity contribution in [2.45, 2.75) is 6.92 Å². The van der Waals surface area contributed by atoms with Crippen LogP contribution in [-0.4, -0.2) is 26.8 Å². The Kier molecular flexibility index (Phi) is 4.67. The van der Waals surface area contributed by atoms with Gasteiger partial charge in [0.1, 0.15) is 5.75 Å². The maximum Gasteiger partial charge on any atom is 0.333 e. The normalized spacial score (nSPS) is 11.1. The number of aromatic nitrogens is 4. The average Bonchev–Trinajstić information content (AvgIpc) is 3.30. The van der Waals surface area contributed by atoms with Gasteiger partial charge in [-0.15, -0.1) is 0 Å². The second-order valence-electron chi connectivity index (χ2n) is 7.32. The molecule has 0 atom stereocenters. The van der Waals surface area contributed by atoms with Gasteiger partial charge in [-0.05, 0) is 61.5 Å². The third-order valence-electron chi connectivity index (χ3n) is 5.21. The van der Waals surface area contributed by atoms with E-state index in [2.05, 4.69) is 15.1 Å². The highest BCUT2D eigenvalue weighted by atomic mass is 16.5. The fourth-order valence-electron chi connectivity index (χ4n) is 3.48. The predicted molar refractivity (Wildman–Crippen MR) is 120 cm³/mol. The topological polar surface area (TPSA) is 103 Å². The Morgan fingerprint density at radius 1 is 0.938 bits per heavy atom.